The number of nitrogens with one attached hydrogen (secondary N) is 1. The highest BCUT2D eigenvalue weighted by Crippen LogP contribution is 2.50. The van der Waals surface area contributed by atoms with E-state index in [2.05, 4.69) is 5.43 Å². The highest BCUT2D eigenvalue weighted by Gasteiger charge is 2.44. The normalized spacial score (nSPS) is 24.9. The minimum absolute atomic E-state index is 0.0496. The Labute approximate surface area is 104 Å². The molecule has 0 heterocycles. The Kier molecular flexibility index (Phi) is 3.92. The van der Waals surface area contributed by atoms with Gasteiger partial charge in [0.1, 0.15) is 0 Å². The van der Waals surface area contributed by atoms with Crippen LogP contribution in [-0.2, 0) is 0 Å². The molecule has 1 aliphatic rings. The van der Waals surface area contributed by atoms with E-state index < -0.39 is 12.6 Å². The molecule has 100 valence electrons. The van der Waals surface area contributed by atoms with Gasteiger partial charge in [-0.15, -0.1) is 0 Å². The van der Waals surface area contributed by atoms with E-state index in [0.717, 1.165) is 6.42 Å². The van der Waals surface area contributed by atoms with E-state index in [1.807, 2.05) is 30.3 Å². The van der Waals surface area contributed by atoms with Crippen LogP contribution in [-0.4, -0.2) is 12.2 Å². The summed E-state index contributed by atoms with van der Waals surface area (Å²) in [6, 6.07) is 9.61. The summed E-state index contributed by atoms with van der Waals surface area (Å²) in [6.07, 6.45) is -3.92. The zero-order valence-electron chi connectivity index (χ0n) is 9.95. The summed E-state index contributed by atoms with van der Waals surface area (Å²) < 4.78 is 36.6. The van der Waals surface area contributed by atoms with Crippen molar-refractivity contribution in [3.8, 4) is 0 Å². The first-order valence-electron chi connectivity index (χ1n) is 6.09. The molecule has 2 rings (SSSR count). The van der Waals surface area contributed by atoms with Crippen molar-refractivity contribution in [1.29, 1.82) is 0 Å². The minimum atomic E-state index is -4.10. The van der Waals surface area contributed by atoms with Gasteiger partial charge in [0, 0.05) is 12.5 Å². The lowest BCUT2D eigenvalue weighted by molar-refractivity contribution is -0.136. The molecule has 0 bridgehead atoms. The Morgan fingerprint density at radius 1 is 1.28 bits per heavy atom. The number of nitrogens with two attached hydrogens (primary N) is 1. The predicted molar refractivity (Wildman–Crippen MR) is 63.7 cm³/mol. The van der Waals surface area contributed by atoms with E-state index in [4.69, 9.17) is 5.84 Å². The topological polar surface area (TPSA) is 38.0 Å². The van der Waals surface area contributed by atoms with Gasteiger partial charge < -0.3 is 0 Å². The number of benzene rings is 1. The predicted octanol–water partition coefficient (Wildman–Crippen LogP) is 2.96. The van der Waals surface area contributed by atoms with Gasteiger partial charge in [0.15, 0.2) is 0 Å². The maximum absolute atomic E-state index is 12.2. The van der Waals surface area contributed by atoms with Crippen LogP contribution in [0.3, 0.4) is 0 Å². The van der Waals surface area contributed by atoms with Crippen LogP contribution in [0.15, 0.2) is 30.3 Å². The van der Waals surface area contributed by atoms with E-state index >= 15 is 0 Å². The second-order valence-electron chi connectivity index (χ2n) is 4.84. The molecule has 1 aromatic carbocycles. The van der Waals surface area contributed by atoms with Crippen molar-refractivity contribution in [3.63, 3.8) is 0 Å². The zero-order valence-corrected chi connectivity index (χ0v) is 9.95. The maximum atomic E-state index is 12.2. The van der Waals surface area contributed by atoms with E-state index in [-0.39, 0.29) is 18.4 Å². The Morgan fingerprint density at radius 2 is 1.94 bits per heavy atom. The number of hydrogen-bond donors (Lipinski definition) is 2. The molecule has 0 spiro atoms. The van der Waals surface area contributed by atoms with Gasteiger partial charge >= 0.3 is 6.18 Å². The summed E-state index contributed by atoms with van der Waals surface area (Å²) in [4.78, 5) is 0. The zero-order chi connectivity index (χ0) is 13.2. The molecule has 1 aromatic rings. The first kappa shape index (κ1) is 13.4. The van der Waals surface area contributed by atoms with Gasteiger partial charge in [-0.1, -0.05) is 30.3 Å². The molecule has 3 unspecified atom stereocenters. The van der Waals surface area contributed by atoms with Crippen LogP contribution in [0.2, 0.25) is 0 Å². The van der Waals surface area contributed by atoms with Gasteiger partial charge in [-0.25, -0.2) is 0 Å². The summed E-state index contributed by atoms with van der Waals surface area (Å²) in [6.45, 7) is 0. The summed E-state index contributed by atoms with van der Waals surface area (Å²) >= 11 is 0. The van der Waals surface area contributed by atoms with Crippen molar-refractivity contribution in [2.45, 2.75) is 37.4 Å². The van der Waals surface area contributed by atoms with Gasteiger partial charge in [-0.2, -0.15) is 13.2 Å². The van der Waals surface area contributed by atoms with Crippen molar-refractivity contribution in [2.24, 2.45) is 11.8 Å². The fourth-order valence-electron chi connectivity index (χ4n) is 2.48. The Morgan fingerprint density at radius 3 is 2.50 bits per heavy atom. The molecule has 0 radical (unpaired) electrons. The van der Waals surface area contributed by atoms with Crippen LogP contribution in [0.4, 0.5) is 13.2 Å². The molecule has 2 nitrogen and oxygen atoms in total. The molecular weight excluding hydrogens is 241 g/mol. The number of hydrazine groups is 1. The molecule has 1 aliphatic carbocycles. The molecule has 5 heteroatoms. The van der Waals surface area contributed by atoms with E-state index in [1.54, 1.807) is 0 Å². The second kappa shape index (κ2) is 5.28. The number of halogens is 3. The van der Waals surface area contributed by atoms with Crippen molar-refractivity contribution in [2.75, 3.05) is 0 Å². The van der Waals surface area contributed by atoms with Crippen LogP contribution in [0, 0.1) is 5.92 Å². The van der Waals surface area contributed by atoms with Crippen LogP contribution in [0.1, 0.15) is 30.7 Å². The first-order chi connectivity index (χ1) is 8.51. The molecule has 18 heavy (non-hydrogen) atoms. The highest BCUT2D eigenvalue weighted by molar-refractivity contribution is 5.26. The van der Waals surface area contributed by atoms with Gasteiger partial charge in [-0.05, 0) is 30.2 Å². The molecule has 3 atom stereocenters. The van der Waals surface area contributed by atoms with E-state index in [1.165, 1.54) is 5.56 Å². The quantitative estimate of drug-likeness (QED) is 0.629. The molecule has 0 aliphatic heterocycles. The fraction of sp³-hybridized carbons (Fsp3) is 0.538. The smallest absolute Gasteiger partial charge is 0.271 e. The van der Waals surface area contributed by atoms with Gasteiger partial charge in [0.25, 0.3) is 0 Å². The number of rotatable bonds is 5. The first-order valence-corrected chi connectivity index (χ1v) is 6.09. The summed E-state index contributed by atoms with van der Waals surface area (Å²) in [5.74, 6) is 5.94. The molecule has 1 fully saturated rings. The summed E-state index contributed by atoms with van der Waals surface area (Å²) in [7, 11) is 0. The van der Waals surface area contributed by atoms with Crippen molar-refractivity contribution < 1.29 is 13.2 Å². The van der Waals surface area contributed by atoms with Gasteiger partial charge in [0.2, 0.25) is 0 Å². The fourth-order valence-corrected chi connectivity index (χ4v) is 2.48. The van der Waals surface area contributed by atoms with Crippen LogP contribution in [0.5, 0.6) is 0 Å². The SMILES string of the molecule is NNC(CCC(F)(F)F)C1CC1c1ccccc1. The lowest BCUT2D eigenvalue weighted by Gasteiger charge is -2.17. The number of alkyl halides is 3. The Hall–Kier alpha value is -1.07. The van der Waals surface area contributed by atoms with E-state index in [0.29, 0.717) is 5.92 Å². The lowest BCUT2D eigenvalue weighted by Crippen LogP contribution is -2.38. The Bertz CT molecular complexity index is 378. The van der Waals surface area contributed by atoms with Crippen molar-refractivity contribution >= 4 is 0 Å². The van der Waals surface area contributed by atoms with Crippen LogP contribution >= 0.6 is 0 Å². The minimum Gasteiger partial charge on any atom is -0.271 e. The molecule has 0 saturated heterocycles. The van der Waals surface area contributed by atoms with Crippen molar-refractivity contribution in [3.05, 3.63) is 35.9 Å². The maximum Gasteiger partial charge on any atom is 0.389 e. The average Bonchev–Trinajstić information content (AvgIpc) is 3.10. The average molecular weight is 258 g/mol. The van der Waals surface area contributed by atoms with Crippen LogP contribution < -0.4 is 11.3 Å². The molecule has 1 saturated carbocycles. The number of hydrogen-bond acceptors (Lipinski definition) is 2. The Balaban J connectivity index is 1.88. The lowest BCUT2D eigenvalue weighted by atomic mass is 10.0. The molecule has 0 aromatic heterocycles. The second-order valence-corrected chi connectivity index (χ2v) is 4.84. The van der Waals surface area contributed by atoms with Crippen molar-refractivity contribution in [1.82, 2.24) is 5.43 Å². The van der Waals surface area contributed by atoms with E-state index in [9.17, 15) is 13.2 Å². The third kappa shape index (κ3) is 3.46. The monoisotopic (exact) mass is 258 g/mol. The largest absolute Gasteiger partial charge is 0.389 e. The summed E-state index contributed by atoms with van der Waals surface area (Å²) in [5.41, 5.74) is 3.73. The van der Waals surface area contributed by atoms with Gasteiger partial charge in [0.05, 0.1) is 0 Å². The molecule has 3 N–H and O–H groups in total. The third-order valence-corrected chi connectivity index (χ3v) is 3.54. The standard InChI is InChI=1S/C13H17F3N2/c14-13(15,16)7-6-12(18-17)11-8-10(11)9-4-2-1-3-5-9/h1-5,10-12,18H,6-8,17H2. The molecule has 0 amide bonds. The third-order valence-electron chi connectivity index (χ3n) is 3.54. The summed E-state index contributed by atoms with van der Waals surface area (Å²) in [5, 5.41) is 0. The van der Waals surface area contributed by atoms with Gasteiger partial charge in [-0.3, -0.25) is 11.3 Å². The van der Waals surface area contributed by atoms with Crippen LogP contribution in [0.25, 0.3) is 0 Å². The highest BCUT2D eigenvalue weighted by atomic mass is 19.4. The molecular formula is C13H17F3N2.